The summed E-state index contributed by atoms with van der Waals surface area (Å²) >= 11 is 0. The third-order valence-electron chi connectivity index (χ3n) is 3.19. The fraction of sp³-hybridized carbons (Fsp3) is 0.600. The smallest absolute Gasteiger partial charge is 0.379 e. The van der Waals surface area contributed by atoms with Crippen LogP contribution in [0.2, 0.25) is 0 Å². The first kappa shape index (κ1) is 17.0. The van der Waals surface area contributed by atoms with E-state index in [1.54, 1.807) is 0 Å². The van der Waals surface area contributed by atoms with Gasteiger partial charge in [0, 0.05) is 13.0 Å². The van der Waals surface area contributed by atoms with E-state index in [0.29, 0.717) is 6.61 Å². The van der Waals surface area contributed by atoms with Crippen LogP contribution in [0.1, 0.15) is 35.6 Å². The predicted molar refractivity (Wildman–Crippen MR) is 73.8 cm³/mol. The van der Waals surface area contributed by atoms with Gasteiger partial charge >= 0.3 is 6.18 Å². The number of benzene rings is 1. The molecule has 5 heteroatoms. The molecule has 1 aromatic rings. The molecule has 1 aromatic carbocycles. The van der Waals surface area contributed by atoms with E-state index in [9.17, 15) is 13.2 Å². The van der Waals surface area contributed by atoms with Crippen LogP contribution in [0.4, 0.5) is 13.2 Å². The Balaban J connectivity index is 2.45. The van der Waals surface area contributed by atoms with Gasteiger partial charge in [-0.05, 0) is 38.4 Å². The van der Waals surface area contributed by atoms with Crippen LogP contribution < -0.4 is 5.32 Å². The van der Waals surface area contributed by atoms with Crippen LogP contribution in [0.25, 0.3) is 0 Å². The lowest BCUT2D eigenvalue weighted by Gasteiger charge is -2.19. The monoisotopic (exact) mass is 289 g/mol. The molecule has 20 heavy (non-hydrogen) atoms. The van der Waals surface area contributed by atoms with Gasteiger partial charge < -0.3 is 10.1 Å². The summed E-state index contributed by atoms with van der Waals surface area (Å²) in [6.45, 7) is 4.53. The summed E-state index contributed by atoms with van der Waals surface area (Å²) in [4.78, 5) is 0. The molecule has 0 saturated carbocycles. The molecule has 0 aliphatic carbocycles. The number of ether oxygens (including phenoxy) is 1. The summed E-state index contributed by atoms with van der Waals surface area (Å²) < 4.78 is 41.4. The van der Waals surface area contributed by atoms with E-state index in [0.717, 1.165) is 16.7 Å². The normalized spacial score (nSPS) is 13.5. The fourth-order valence-electron chi connectivity index (χ4n) is 2.04. The van der Waals surface area contributed by atoms with Crippen LogP contribution in [0.15, 0.2) is 18.2 Å². The van der Waals surface area contributed by atoms with E-state index in [-0.39, 0.29) is 19.1 Å². The summed E-state index contributed by atoms with van der Waals surface area (Å²) in [6, 6.07) is 6.16. The van der Waals surface area contributed by atoms with Crippen LogP contribution in [-0.2, 0) is 4.74 Å². The predicted octanol–water partition coefficient (Wildman–Crippen LogP) is 3.92. The molecule has 1 rings (SSSR count). The highest BCUT2D eigenvalue weighted by Gasteiger charge is 2.26. The van der Waals surface area contributed by atoms with Crippen molar-refractivity contribution in [2.75, 3.05) is 20.3 Å². The van der Waals surface area contributed by atoms with Crippen molar-refractivity contribution < 1.29 is 17.9 Å². The Bertz CT molecular complexity index is 418. The SMILES string of the molecule is CNC(COCCCC(F)(F)F)c1cc(C)ccc1C. The molecular weight excluding hydrogens is 267 g/mol. The van der Waals surface area contributed by atoms with Gasteiger partial charge in [0.15, 0.2) is 0 Å². The number of likely N-dealkylation sites (N-methyl/N-ethyl adjacent to an activating group) is 1. The van der Waals surface area contributed by atoms with Gasteiger partial charge in [-0.3, -0.25) is 0 Å². The fourth-order valence-corrected chi connectivity index (χ4v) is 2.04. The summed E-state index contributed by atoms with van der Waals surface area (Å²) in [5.74, 6) is 0. The van der Waals surface area contributed by atoms with Crippen LogP contribution >= 0.6 is 0 Å². The number of hydrogen-bond acceptors (Lipinski definition) is 2. The van der Waals surface area contributed by atoms with Crippen molar-refractivity contribution in [1.82, 2.24) is 5.32 Å². The second kappa shape index (κ2) is 7.64. The minimum absolute atomic E-state index is 0.000728. The van der Waals surface area contributed by atoms with E-state index in [1.165, 1.54) is 0 Å². The summed E-state index contributed by atoms with van der Waals surface area (Å²) in [5.41, 5.74) is 3.43. The maximum absolute atomic E-state index is 12.0. The van der Waals surface area contributed by atoms with Crippen molar-refractivity contribution in [3.8, 4) is 0 Å². The third kappa shape index (κ3) is 5.92. The molecule has 1 atom stereocenters. The molecule has 0 aromatic heterocycles. The van der Waals surface area contributed by atoms with Gasteiger partial charge in [-0.1, -0.05) is 23.8 Å². The second-order valence-electron chi connectivity index (χ2n) is 4.99. The van der Waals surface area contributed by atoms with Crippen molar-refractivity contribution in [2.45, 2.75) is 38.9 Å². The lowest BCUT2D eigenvalue weighted by molar-refractivity contribution is -0.138. The highest BCUT2D eigenvalue weighted by Crippen LogP contribution is 2.22. The Morgan fingerprint density at radius 3 is 2.55 bits per heavy atom. The Labute approximate surface area is 118 Å². The van der Waals surface area contributed by atoms with Gasteiger partial charge in [0.1, 0.15) is 0 Å². The van der Waals surface area contributed by atoms with Gasteiger partial charge in [-0.15, -0.1) is 0 Å². The van der Waals surface area contributed by atoms with Crippen LogP contribution in [0, 0.1) is 13.8 Å². The van der Waals surface area contributed by atoms with E-state index >= 15 is 0 Å². The first-order valence-corrected chi connectivity index (χ1v) is 6.72. The van der Waals surface area contributed by atoms with E-state index in [2.05, 4.69) is 11.4 Å². The molecule has 0 heterocycles. The van der Waals surface area contributed by atoms with Gasteiger partial charge in [0.2, 0.25) is 0 Å². The molecule has 0 aliphatic rings. The maximum atomic E-state index is 12.0. The molecule has 0 bridgehead atoms. The minimum atomic E-state index is -4.10. The number of hydrogen-bond donors (Lipinski definition) is 1. The summed E-state index contributed by atoms with van der Waals surface area (Å²) in [5, 5.41) is 3.15. The first-order valence-electron chi connectivity index (χ1n) is 6.72. The minimum Gasteiger partial charge on any atom is -0.379 e. The average molecular weight is 289 g/mol. The van der Waals surface area contributed by atoms with E-state index in [1.807, 2.05) is 33.0 Å². The molecule has 0 saturated heterocycles. The highest BCUT2D eigenvalue weighted by atomic mass is 19.4. The number of alkyl halides is 3. The topological polar surface area (TPSA) is 21.3 Å². The maximum Gasteiger partial charge on any atom is 0.389 e. The molecule has 0 radical (unpaired) electrons. The zero-order valence-corrected chi connectivity index (χ0v) is 12.2. The highest BCUT2D eigenvalue weighted by molar-refractivity contribution is 5.33. The second-order valence-corrected chi connectivity index (χ2v) is 4.99. The van der Waals surface area contributed by atoms with E-state index < -0.39 is 12.6 Å². The van der Waals surface area contributed by atoms with Crippen molar-refractivity contribution in [3.05, 3.63) is 34.9 Å². The van der Waals surface area contributed by atoms with Crippen molar-refractivity contribution in [2.24, 2.45) is 0 Å². The zero-order chi connectivity index (χ0) is 15.2. The largest absolute Gasteiger partial charge is 0.389 e. The molecule has 1 N–H and O–H groups in total. The van der Waals surface area contributed by atoms with Gasteiger partial charge in [-0.2, -0.15) is 13.2 Å². The van der Waals surface area contributed by atoms with Crippen LogP contribution in [0.3, 0.4) is 0 Å². The van der Waals surface area contributed by atoms with Gasteiger partial charge in [-0.25, -0.2) is 0 Å². The molecule has 0 amide bonds. The Kier molecular flexibility index (Phi) is 6.49. The van der Waals surface area contributed by atoms with Crippen LogP contribution in [0.5, 0.6) is 0 Å². The third-order valence-corrected chi connectivity index (χ3v) is 3.19. The van der Waals surface area contributed by atoms with Crippen LogP contribution in [-0.4, -0.2) is 26.4 Å². The molecule has 2 nitrogen and oxygen atoms in total. The molecule has 114 valence electrons. The number of aryl methyl sites for hydroxylation is 2. The molecule has 1 unspecified atom stereocenters. The zero-order valence-electron chi connectivity index (χ0n) is 12.2. The Morgan fingerprint density at radius 1 is 1.25 bits per heavy atom. The molecule has 0 spiro atoms. The van der Waals surface area contributed by atoms with Crippen molar-refractivity contribution >= 4 is 0 Å². The lowest BCUT2D eigenvalue weighted by atomic mass is 9.99. The standard InChI is InChI=1S/C15H22F3NO/c1-11-5-6-12(2)13(9-11)14(19-3)10-20-8-4-7-15(16,17)18/h5-6,9,14,19H,4,7-8,10H2,1-3H3. The Morgan fingerprint density at radius 2 is 1.95 bits per heavy atom. The first-order chi connectivity index (χ1) is 9.33. The van der Waals surface area contributed by atoms with Gasteiger partial charge in [0.25, 0.3) is 0 Å². The number of nitrogens with one attached hydrogen (secondary N) is 1. The molecule has 0 aliphatic heterocycles. The number of halogens is 3. The number of rotatable bonds is 7. The summed E-state index contributed by atoms with van der Waals surface area (Å²) in [6.07, 6.45) is -4.88. The van der Waals surface area contributed by atoms with Crippen molar-refractivity contribution in [3.63, 3.8) is 0 Å². The van der Waals surface area contributed by atoms with E-state index in [4.69, 9.17) is 4.74 Å². The lowest BCUT2D eigenvalue weighted by Crippen LogP contribution is -2.23. The summed E-state index contributed by atoms with van der Waals surface area (Å²) in [7, 11) is 1.82. The quantitative estimate of drug-likeness (QED) is 0.768. The molecule has 0 fully saturated rings. The van der Waals surface area contributed by atoms with Crippen molar-refractivity contribution in [1.29, 1.82) is 0 Å². The Hall–Kier alpha value is -1.07. The molecular formula is C15H22F3NO. The van der Waals surface area contributed by atoms with Gasteiger partial charge in [0.05, 0.1) is 12.6 Å². The average Bonchev–Trinajstić information content (AvgIpc) is 2.36.